The van der Waals surface area contributed by atoms with Crippen LogP contribution in [0.5, 0.6) is 0 Å². The number of hydrogen-bond acceptors (Lipinski definition) is 4. The van der Waals surface area contributed by atoms with E-state index in [4.69, 9.17) is 16.3 Å². The van der Waals surface area contributed by atoms with Crippen LogP contribution in [-0.2, 0) is 4.74 Å². The van der Waals surface area contributed by atoms with Crippen LogP contribution in [-0.4, -0.2) is 22.5 Å². The number of esters is 1. The van der Waals surface area contributed by atoms with Gasteiger partial charge in [0.05, 0.1) is 17.9 Å². The van der Waals surface area contributed by atoms with Crippen molar-refractivity contribution < 1.29 is 18.3 Å². The van der Waals surface area contributed by atoms with E-state index in [-0.39, 0.29) is 28.8 Å². The lowest BCUT2D eigenvalue weighted by Crippen LogP contribution is -2.11. The monoisotopic (exact) mass is 312 g/mol. The predicted octanol–water partition coefficient (Wildman–Crippen LogP) is 3.56. The molecule has 0 saturated carbocycles. The van der Waals surface area contributed by atoms with Gasteiger partial charge < -0.3 is 4.74 Å². The van der Waals surface area contributed by atoms with E-state index in [1.807, 2.05) is 0 Å². The normalized spacial score (nSPS) is 10.5. The summed E-state index contributed by atoms with van der Waals surface area (Å²) < 4.78 is 32.3. The molecule has 1 heterocycles. The Morgan fingerprint density at radius 3 is 2.43 bits per heavy atom. The third-order valence-electron chi connectivity index (χ3n) is 2.71. The molecule has 2 aromatic rings. The zero-order chi connectivity index (χ0) is 15.6. The molecule has 0 N–H and O–H groups in total. The highest BCUT2D eigenvalue weighted by molar-refractivity contribution is 6.32. The lowest BCUT2D eigenvalue weighted by atomic mass is 10.1. The average Bonchev–Trinajstić information content (AvgIpc) is 2.38. The van der Waals surface area contributed by atoms with Gasteiger partial charge in [0, 0.05) is 0 Å². The van der Waals surface area contributed by atoms with Crippen LogP contribution < -0.4 is 0 Å². The van der Waals surface area contributed by atoms with Gasteiger partial charge in [-0.3, -0.25) is 0 Å². The van der Waals surface area contributed by atoms with Gasteiger partial charge in [-0.25, -0.2) is 23.5 Å². The van der Waals surface area contributed by atoms with Crippen molar-refractivity contribution in [1.82, 2.24) is 9.97 Å². The second kappa shape index (κ2) is 6.13. The largest absolute Gasteiger partial charge is 0.462 e. The van der Waals surface area contributed by atoms with Crippen molar-refractivity contribution in [2.75, 3.05) is 6.61 Å². The quantitative estimate of drug-likeness (QED) is 0.642. The molecule has 0 bridgehead atoms. The Kier molecular flexibility index (Phi) is 4.47. The molecule has 0 saturated heterocycles. The topological polar surface area (TPSA) is 52.1 Å². The SMILES string of the molecule is CCOC(=O)c1c(C)nc(-c2c(F)cccc2F)nc1Cl. The van der Waals surface area contributed by atoms with E-state index in [0.29, 0.717) is 0 Å². The number of hydrogen-bond donors (Lipinski definition) is 0. The van der Waals surface area contributed by atoms with Crippen molar-refractivity contribution in [3.8, 4) is 11.4 Å². The molecule has 0 unspecified atom stereocenters. The summed E-state index contributed by atoms with van der Waals surface area (Å²) >= 11 is 5.92. The molecule has 0 aliphatic carbocycles. The Morgan fingerprint density at radius 1 is 1.29 bits per heavy atom. The molecule has 0 radical (unpaired) electrons. The number of carbonyl (C=O) groups is 1. The number of aromatic nitrogens is 2. The van der Waals surface area contributed by atoms with Gasteiger partial charge in [0.15, 0.2) is 5.82 Å². The maximum atomic E-state index is 13.7. The Balaban J connectivity index is 2.57. The van der Waals surface area contributed by atoms with Crippen LogP contribution in [0.2, 0.25) is 5.15 Å². The molecule has 1 aromatic carbocycles. The number of ether oxygens (including phenoxy) is 1. The van der Waals surface area contributed by atoms with E-state index in [0.717, 1.165) is 12.1 Å². The highest BCUT2D eigenvalue weighted by atomic mass is 35.5. The molecule has 1 aromatic heterocycles. The maximum absolute atomic E-state index is 13.7. The fourth-order valence-corrected chi connectivity index (χ4v) is 2.09. The standard InChI is InChI=1S/C14H11ClF2N2O2/c1-3-21-14(20)10-7(2)18-13(19-12(10)15)11-8(16)5-4-6-9(11)17/h4-6H,3H2,1-2H3. The number of benzene rings is 1. The van der Waals surface area contributed by atoms with Gasteiger partial charge in [-0.1, -0.05) is 17.7 Å². The number of aryl methyl sites for hydroxylation is 1. The summed E-state index contributed by atoms with van der Waals surface area (Å²) in [6.07, 6.45) is 0. The first-order valence-electron chi connectivity index (χ1n) is 6.11. The molecule has 0 aliphatic rings. The van der Waals surface area contributed by atoms with Crippen LogP contribution in [0.25, 0.3) is 11.4 Å². The summed E-state index contributed by atoms with van der Waals surface area (Å²) in [5, 5.41) is -0.210. The summed E-state index contributed by atoms with van der Waals surface area (Å²) in [5.74, 6) is -2.52. The van der Waals surface area contributed by atoms with Gasteiger partial charge in [0.25, 0.3) is 0 Å². The molecule has 0 fully saturated rings. The number of carbonyl (C=O) groups excluding carboxylic acids is 1. The van der Waals surface area contributed by atoms with E-state index in [9.17, 15) is 13.6 Å². The van der Waals surface area contributed by atoms with Crippen molar-refractivity contribution in [2.24, 2.45) is 0 Å². The van der Waals surface area contributed by atoms with E-state index in [2.05, 4.69) is 9.97 Å². The molecule has 0 amide bonds. The zero-order valence-electron chi connectivity index (χ0n) is 11.3. The molecular weight excluding hydrogens is 302 g/mol. The number of rotatable bonds is 3. The first kappa shape index (κ1) is 15.3. The third-order valence-corrected chi connectivity index (χ3v) is 2.99. The van der Waals surface area contributed by atoms with Crippen molar-refractivity contribution in [2.45, 2.75) is 13.8 Å². The van der Waals surface area contributed by atoms with Crippen LogP contribution in [0.1, 0.15) is 23.0 Å². The van der Waals surface area contributed by atoms with Gasteiger partial charge in [0.1, 0.15) is 22.4 Å². The lowest BCUT2D eigenvalue weighted by Gasteiger charge is -2.09. The van der Waals surface area contributed by atoms with Crippen molar-refractivity contribution in [3.05, 3.63) is 46.2 Å². The first-order valence-corrected chi connectivity index (χ1v) is 6.49. The second-order valence-electron chi connectivity index (χ2n) is 4.12. The number of nitrogens with zero attached hydrogens (tertiary/aromatic N) is 2. The van der Waals surface area contributed by atoms with Crippen LogP contribution in [0.3, 0.4) is 0 Å². The minimum Gasteiger partial charge on any atom is -0.462 e. The summed E-state index contributed by atoms with van der Waals surface area (Å²) in [5.41, 5.74) is -0.219. The van der Waals surface area contributed by atoms with Gasteiger partial charge in [0.2, 0.25) is 0 Å². The third kappa shape index (κ3) is 3.00. The van der Waals surface area contributed by atoms with Crippen LogP contribution in [0, 0.1) is 18.6 Å². The fraction of sp³-hybridized carbons (Fsp3) is 0.214. The number of halogens is 3. The lowest BCUT2D eigenvalue weighted by molar-refractivity contribution is 0.0524. The first-order chi connectivity index (χ1) is 9.95. The summed E-state index contributed by atoms with van der Waals surface area (Å²) in [7, 11) is 0. The fourth-order valence-electron chi connectivity index (χ4n) is 1.80. The smallest absolute Gasteiger partial charge is 0.343 e. The van der Waals surface area contributed by atoms with Crippen molar-refractivity contribution in [3.63, 3.8) is 0 Å². The van der Waals surface area contributed by atoms with E-state index >= 15 is 0 Å². The summed E-state index contributed by atoms with van der Waals surface area (Å²) in [4.78, 5) is 19.5. The van der Waals surface area contributed by atoms with Crippen molar-refractivity contribution in [1.29, 1.82) is 0 Å². The van der Waals surface area contributed by atoms with Crippen LogP contribution in [0.4, 0.5) is 8.78 Å². The predicted molar refractivity (Wildman–Crippen MR) is 73.1 cm³/mol. The summed E-state index contributed by atoms with van der Waals surface area (Å²) in [6.45, 7) is 3.30. The molecule has 110 valence electrons. The molecule has 2 rings (SSSR count). The molecule has 4 nitrogen and oxygen atoms in total. The van der Waals surface area contributed by atoms with Crippen LogP contribution >= 0.6 is 11.6 Å². The van der Waals surface area contributed by atoms with Gasteiger partial charge in [-0.15, -0.1) is 0 Å². The van der Waals surface area contributed by atoms with Crippen LogP contribution in [0.15, 0.2) is 18.2 Å². The average molecular weight is 313 g/mol. The van der Waals surface area contributed by atoms with E-state index < -0.39 is 23.2 Å². The Hall–Kier alpha value is -2.08. The molecule has 0 aliphatic heterocycles. The van der Waals surface area contributed by atoms with E-state index in [1.54, 1.807) is 6.92 Å². The minimum atomic E-state index is -0.811. The van der Waals surface area contributed by atoms with E-state index in [1.165, 1.54) is 13.0 Å². The minimum absolute atomic E-state index is 0.0148. The molecule has 21 heavy (non-hydrogen) atoms. The maximum Gasteiger partial charge on any atom is 0.343 e. The molecule has 0 spiro atoms. The highest BCUT2D eigenvalue weighted by Crippen LogP contribution is 2.26. The van der Waals surface area contributed by atoms with Gasteiger partial charge in [-0.2, -0.15) is 0 Å². The molecule has 7 heteroatoms. The summed E-state index contributed by atoms with van der Waals surface area (Å²) in [6, 6.07) is 3.41. The highest BCUT2D eigenvalue weighted by Gasteiger charge is 2.21. The van der Waals surface area contributed by atoms with Gasteiger partial charge >= 0.3 is 5.97 Å². The molecule has 0 atom stereocenters. The molecular formula is C14H11ClF2N2O2. The second-order valence-corrected chi connectivity index (χ2v) is 4.47. The Labute approximate surface area is 124 Å². The Morgan fingerprint density at radius 2 is 1.90 bits per heavy atom. The van der Waals surface area contributed by atoms with Crippen molar-refractivity contribution >= 4 is 17.6 Å². The zero-order valence-corrected chi connectivity index (χ0v) is 12.0. The van der Waals surface area contributed by atoms with Gasteiger partial charge in [-0.05, 0) is 26.0 Å². The Bertz CT molecular complexity index is 664.